The van der Waals surface area contributed by atoms with Gasteiger partial charge in [-0.3, -0.25) is 0 Å². The summed E-state index contributed by atoms with van der Waals surface area (Å²) < 4.78 is 0.976. The number of thiophene rings is 1. The average Bonchev–Trinajstić information content (AvgIpc) is 2.69. The molecule has 0 spiro atoms. The van der Waals surface area contributed by atoms with Gasteiger partial charge in [-0.2, -0.15) is 0 Å². The molecule has 0 saturated carbocycles. The van der Waals surface area contributed by atoms with Crippen LogP contribution in [-0.4, -0.2) is 35.1 Å². The normalized spacial score (nSPS) is 12.8. The van der Waals surface area contributed by atoms with Crippen LogP contribution in [0.2, 0.25) is 0 Å². The van der Waals surface area contributed by atoms with Gasteiger partial charge in [0.05, 0.1) is 6.54 Å². The number of aliphatic carboxylic acids is 1. The van der Waals surface area contributed by atoms with Crippen molar-refractivity contribution in [2.75, 3.05) is 7.05 Å². The predicted octanol–water partition coefficient (Wildman–Crippen LogP) is 3.15. The summed E-state index contributed by atoms with van der Waals surface area (Å²) in [6.07, 6.45) is 0. The second-order valence-electron chi connectivity index (χ2n) is 5.67. The lowest BCUT2D eigenvalue weighted by Crippen LogP contribution is -2.52. The lowest BCUT2D eigenvalue weighted by Gasteiger charge is -2.29. The van der Waals surface area contributed by atoms with Crippen molar-refractivity contribution >= 4 is 39.3 Å². The van der Waals surface area contributed by atoms with Crippen molar-refractivity contribution in [2.24, 2.45) is 5.41 Å². The number of carboxylic acids is 1. The topological polar surface area (TPSA) is 69.6 Å². The van der Waals surface area contributed by atoms with Gasteiger partial charge in [0, 0.05) is 21.8 Å². The molecular weight excluding hydrogens is 344 g/mol. The Morgan fingerprint density at radius 2 is 2.10 bits per heavy atom. The SMILES string of the molecule is CN(Cc1cc(Br)cs1)C(=O)N[C@@H](C(=O)O)C(C)(C)C. The molecule has 0 aromatic carbocycles. The van der Waals surface area contributed by atoms with E-state index in [9.17, 15) is 14.7 Å². The number of hydrogen-bond donors (Lipinski definition) is 2. The number of amides is 2. The molecule has 0 aliphatic carbocycles. The molecule has 1 aromatic heterocycles. The Morgan fingerprint density at radius 1 is 1.50 bits per heavy atom. The molecule has 7 heteroatoms. The molecule has 0 unspecified atom stereocenters. The van der Waals surface area contributed by atoms with Crippen molar-refractivity contribution in [3.8, 4) is 0 Å². The van der Waals surface area contributed by atoms with Crippen molar-refractivity contribution < 1.29 is 14.7 Å². The van der Waals surface area contributed by atoms with Gasteiger partial charge < -0.3 is 15.3 Å². The van der Waals surface area contributed by atoms with Crippen molar-refractivity contribution in [1.82, 2.24) is 10.2 Å². The first-order valence-electron chi connectivity index (χ1n) is 6.08. The van der Waals surface area contributed by atoms with Crippen LogP contribution < -0.4 is 5.32 Å². The van der Waals surface area contributed by atoms with Gasteiger partial charge in [-0.1, -0.05) is 20.8 Å². The minimum Gasteiger partial charge on any atom is -0.480 e. The van der Waals surface area contributed by atoms with Crippen LogP contribution in [0.25, 0.3) is 0 Å². The molecule has 5 nitrogen and oxygen atoms in total. The molecule has 1 aromatic rings. The second-order valence-corrected chi connectivity index (χ2v) is 7.59. The quantitative estimate of drug-likeness (QED) is 0.864. The molecule has 1 heterocycles. The lowest BCUT2D eigenvalue weighted by molar-refractivity contribution is -0.142. The van der Waals surface area contributed by atoms with Gasteiger partial charge in [-0.25, -0.2) is 9.59 Å². The third kappa shape index (κ3) is 4.79. The van der Waals surface area contributed by atoms with Gasteiger partial charge in [0.25, 0.3) is 0 Å². The van der Waals surface area contributed by atoms with Gasteiger partial charge >= 0.3 is 12.0 Å². The monoisotopic (exact) mass is 362 g/mol. The van der Waals surface area contributed by atoms with E-state index in [0.717, 1.165) is 9.35 Å². The van der Waals surface area contributed by atoms with Gasteiger partial charge in [-0.15, -0.1) is 11.3 Å². The molecule has 112 valence electrons. The highest BCUT2D eigenvalue weighted by Crippen LogP contribution is 2.22. The number of carbonyl (C=O) groups is 2. The summed E-state index contributed by atoms with van der Waals surface area (Å²) >= 11 is 4.90. The van der Waals surface area contributed by atoms with E-state index >= 15 is 0 Å². The largest absolute Gasteiger partial charge is 0.480 e. The number of urea groups is 1. The standard InChI is InChI=1S/C13H19BrN2O3S/c1-13(2,3)10(11(17)18)15-12(19)16(4)6-9-5-8(14)7-20-9/h5,7,10H,6H2,1-4H3,(H,15,19)(H,17,18)/t10-/m0/s1. The molecule has 0 bridgehead atoms. The number of hydrogen-bond acceptors (Lipinski definition) is 3. The molecule has 20 heavy (non-hydrogen) atoms. The van der Waals surface area contributed by atoms with Crippen LogP contribution in [0.4, 0.5) is 4.79 Å². The Labute approximate surface area is 131 Å². The first-order valence-corrected chi connectivity index (χ1v) is 7.76. The average molecular weight is 363 g/mol. The fraction of sp³-hybridized carbons (Fsp3) is 0.538. The molecule has 2 amide bonds. The number of halogens is 1. The molecule has 0 saturated heterocycles. The molecular formula is C13H19BrN2O3S. The zero-order valence-electron chi connectivity index (χ0n) is 11.9. The zero-order chi connectivity index (χ0) is 15.5. The number of nitrogens with zero attached hydrogens (tertiary/aromatic N) is 1. The number of carbonyl (C=O) groups excluding carboxylic acids is 1. The molecule has 0 fully saturated rings. The molecule has 0 radical (unpaired) electrons. The van der Waals surface area contributed by atoms with Crippen LogP contribution in [0.1, 0.15) is 25.6 Å². The summed E-state index contributed by atoms with van der Waals surface area (Å²) in [5, 5.41) is 13.7. The summed E-state index contributed by atoms with van der Waals surface area (Å²) in [6, 6.07) is 0.622. The highest BCUT2D eigenvalue weighted by molar-refractivity contribution is 9.10. The van der Waals surface area contributed by atoms with E-state index in [4.69, 9.17) is 0 Å². The van der Waals surface area contributed by atoms with Gasteiger partial charge in [0.1, 0.15) is 6.04 Å². The Balaban J connectivity index is 2.67. The van der Waals surface area contributed by atoms with E-state index in [-0.39, 0.29) is 0 Å². The van der Waals surface area contributed by atoms with Crippen molar-refractivity contribution in [2.45, 2.75) is 33.4 Å². The molecule has 0 aliphatic rings. The van der Waals surface area contributed by atoms with Gasteiger partial charge in [0.2, 0.25) is 0 Å². The highest BCUT2D eigenvalue weighted by atomic mass is 79.9. The summed E-state index contributed by atoms with van der Waals surface area (Å²) in [4.78, 5) is 25.8. The van der Waals surface area contributed by atoms with E-state index in [1.807, 2.05) is 11.4 Å². The zero-order valence-corrected chi connectivity index (χ0v) is 14.3. The summed E-state index contributed by atoms with van der Waals surface area (Å²) in [7, 11) is 1.64. The maximum absolute atomic E-state index is 12.1. The summed E-state index contributed by atoms with van der Waals surface area (Å²) in [5.74, 6) is -1.03. The van der Waals surface area contributed by atoms with Crippen LogP contribution >= 0.6 is 27.3 Å². The maximum Gasteiger partial charge on any atom is 0.326 e. The number of carboxylic acid groups (broad SMARTS) is 1. The van der Waals surface area contributed by atoms with Crippen LogP contribution in [0.3, 0.4) is 0 Å². The van der Waals surface area contributed by atoms with E-state index < -0.39 is 23.5 Å². The predicted molar refractivity (Wildman–Crippen MR) is 82.9 cm³/mol. The molecule has 1 atom stereocenters. The first-order chi connectivity index (χ1) is 9.11. The number of rotatable bonds is 4. The van der Waals surface area contributed by atoms with Crippen LogP contribution in [-0.2, 0) is 11.3 Å². The van der Waals surface area contributed by atoms with Crippen LogP contribution in [0, 0.1) is 5.41 Å². The van der Waals surface area contributed by atoms with Gasteiger partial charge in [0.15, 0.2) is 0 Å². The fourth-order valence-corrected chi connectivity index (χ4v) is 3.13. The van der Waals surface area contributed by atoms with Crippen LogP contribution in [0.15, 0.2) is 15.9 Å². The van der Waals surface area contributed by atoms with Crippen molar-refractivity contribution in [3.05, 3.63) is 20.8 Å². The van der Waals surface area contributed by atoms with Crippen LogP contribution in [0.5, 0.6) is 0 Å². The highest BCUT2D eigenvalue weighted by Gasteiger charge is 2.33. The Bertz CT molecular complexity index is 496. The van der Waals surface area contributed by atoms with E-state index in [1.54, 1.807) is 39.2 Å². The smallest absolute Gasteiger partial charge is 0.326 e. The Hall–Kier alpha value is -1.08. The lowest BCUT2D eigenvalue weighted by atomic mass is 9.87. The maximum atomic E-state index is 12.1. The minimum absolute atomic E-state index is 0.392. The van der Waals surface area contributed by atoms with Crippen molar-refractivity contribution in [1.29, 1.82) is 0 Å². The third-order valence-electron chi connectivity index (χ3n) is 2.74. The Kier molecular flexibility index (Phi) is 5.59. The van der Waals surface area contributed by atoms with Gasteiger partial charge in [-0.05, 0) is 27.4 Å². The third-order valence-corrected chi connectivity index (χ3v) is 4.42. The van der Waals surface area contributed by atoms with Crippen molar-refractivity contribution in [3.63, 3.8) is 0 Å². The van der Waals surface area contributed by atoms with E-state index in [0.29, 0.717) is 6.54 Å². The second kappa shape index (κ2) is 6.58. The first kappa shape index (κ1) is 17.0. The van der Waals surface area contributed by atoms with E-state index in [2.05, 4.69) is 21.2 Å². The fourth-order valence-electron chi connectivity index (χ4n) is 1.62. The molecule has 2 N–H and O–H groups in total. The summed E-state index contributed by atoms with van der Waals surface area (Å²) in [6.45, 7) is 5.78. The summed E-state index contributed by atoms with van der Waals surface area (Å²) in [5.41, 5.74) is -0.547. The van der Waals surface area contributed by atoms with E-state index in [1.165, 1.54) is 4.90 Å². The molecule has 0 aliphatic heterocycles. The Morgan fingerprint density at radius 3 is 2.50 bits per heavy atom. The number of nitrogens with one attached hydrogen (secondary N) is 1. The molecule has 1 rings (SSSR count). The minimum atomic E-state index is -1.03.